The fraction of sp³-hybridized carbons (Fsp3) is 0.615. The van der Waals surface area contributed by atoms with E-state index in [9.17, 15) is 5.11 Å². The lowest BCUT2D eigenvalue weighted by Crippen LogP contribution is -2.16. The number of hydrogen-bond acceptors (Lipinski definition) is 3. The van der Waals surface area contributed by atoms with Crippen molar-refractivity contribution < 1.29 is 9.84 Å². The Bertz CT molecular complexity index is 319. The minimum atomic E-state index is -0.00407. The average molecular weight is 221 g/mol. The topological polar surface area (TPSA) is 42.4 Å². The Labute approximate surface area is 96.5 Å². The van der Waals surface area contributed by atoms with Gasteiger partial charge in [0.2, 0.25) is 0 Å². The molecule has 1 fully saturated rings. The summed E-state index contributed by atoms with van der Waals surface area (Å²) in [6, 6.07) is 1.84. The highest BCUT2D eigenvalue weighted by molar-refractivity contribution is 5.29. The van der Waals surface area contributed by atoms with Crippen molar-refractivity contribution in [2.24, 2.45) is 0 Å². The van der Waals surface area contributed by atoms with Crippen LogP contribution in [0.4, 0.5) is 0 Å². The highest BCUT2D eigenvalue weighted by Crippen LogP contribution is 2.24. The zero-order valence-corrected chi connectivity index (χ0v) is 9.56. The second-order valence-electron chi connectivity index (χ2n) is 4.37. The average Bonchev–Trinajstić information content (AvgIpc) is 2.58. The van der Waals surface area contributed by atoms with Crippen molar-refractivity contribution in [1.29, 1.82) is 0 Å². The Morgan fingerprint density at radius 2 is 2.00 bits per heavy atom. The summed E-state index contributed by atoms with van der Waals surface area (Å²) in [6.07, 6.45) is 11.1. The highest BCUT2D eigenvalue weighted by Gasteiger charge is 2.15. The number of ether oxygens (including phenoxy) is 1. The lowest BCUT2D eigenvalue weighted by atomic mass is 10.1. The predicted molar refractivity (Wildman–Crippen MR) is 62.3 cm³/mol. The Hall–Kier alpha value is -1.09. The van der Waals surface area contributed by atoms with Crippen molar-refractivity contribution >= 4 is 0 Å². The third-order valence-corrected chi connectivity index (χ3v) is 3.13. The number of aliphatic hydroxyl groups is 1. The molecule has 1 aliphatic rings. The molecule has 1 N–H and O–H groups in total. The van der Waals surface area contributed by atoms with Crippen LogP contribution < -0.4 is 4.74 Å². The third kappa shape index (κ3) is 2.95. The van der Waals surface area contributed by atoms with Crippen LogP contribution in [0.5, 0.6) is 5.75 Å². The number of aromatic nitrogens is 1. The molecule has 0 bridgehead atoms. The van der Waals surface area contributed by atoms with Crippen LogP contribution in [-0.4, -0.2) is 16.2 Å². The summed E-state index contributed by atoms with van der Waals surface area (Å²) in [5.74, 6) is 0.796. The number of pyridine rings is 1. The minimum Gasteiger partial charge on any atom is -0.490 e. The van der Waals surface area contributed by atoms with E-state index in [1.54, 1.807) is 12.4 Å². The van der Waals surface area contributed by atoms with Crippen LogP contribution in [0.1, 0.15) is 44.1 Å². The molecule has 0 aromatic carbocycles. The van der Waals surface area contributed by atoms with Crippen LogP contribution >= 0.6 is 0 Å². The predicted octanol–water partition coefficient (Wildman–Crippen LogP) is 2.68. The lowest BCUT2D eigenvalue weighted by Gasteiger charge is -2.18. The molecule has 1 saturated carbocycles. The summed E-state index contributed by atoms with van der Waals surface area (Å²) in [5.41, 5.74) is 0.784. The van der Waals surface area contributed by atoms with Gasteiger partial charge in [0.25, 0.3) is 0 Å². The summed E-state index contributed by atoms with van der Waals surface area (Å²) < 4.78 is 5.96. The molecule has 1 aromatic heterocycles. The molecule has 0 aliphatic heterocycles. The normalized spacial score (nSPS) is 18.1. The number of hydrogen-bond donors (Lipinski definition) is 1. The molecule has 0 unspecified atom stereocenters. The number of nitrogens with zero attached hydrogens (tertiary/aromatic N) is 1. The SMILES string of the molecule is OCc1cnccc1OC1CCCCCC1. The summed E-state index contributed by atoms with van der Waals surface area (Å²) in [6.45, 7) is -0.00407. The molecule has 0 amide bonds. The Morgan fingerprint density at radius 1 is 1.25 bits per heavy atom. The highest BCUT2D eigenvalue weighted by atomic mass is 16.5. The Kier molecular flexibility index (Phi) is 4.17. The standard InChI is InChI=1S/C13H19NO2/c15-10-11-9-14-8-7-13(11)16-12-5-3-1-2-4-6-12/h7-9,12,15H,1-6,10H2. The van der Waals surface area contributed by atoms with E-state index in [1.807, 2.05) is 6.07 Å². The zero-order chi connectivity index (χ0) is 11.2. The molecule has 0 spiro atoms. The Balaban J connectivity index is 2.01. The molecule has 1 aromatic rings. The van der Waals surface area contributed by atoms with Gasteiger partial charge in [0.15, 0.2) is 0 Å². The van der Waals surface area contributed by atoms with E-state index in [1.165, 1.54) is 25.7 Å². The van der Waals surface area contributed by atoms with E-state index in [4.69, 9.17) is 4.74 Å². The second kappa shape index (κ2) is 5.85. The van der Waals surface area contributed by atoms with Gasteiger partial charge in [-0.05, 0) is 31.7 Å². The monoisotopic (exact) mass is 221 g/mol. The van der Waals surface area contributed by atoms with Gasteiger partial charge < -0.3 is 9.84 Å². The zero-order valence-electron chi connectivity index (χ0n) is 9.56. The largest absolute Gasteiger partial charge is 0.490 e. The molecular weight excluding hydrogens is 202 g/mol. The quantitative estimate of drug-likeness (QED) is 0.798. The molecule has 0 atom stereocenters. The van der Waals surface area contributed by atoms with Gasteiger partial charge in [-0.1, -0.05) is 12.8 Å². The van der Waals surface area contributed by atoms with Gasteiger partial charge in [-0.2, -0.15) is 0 Å². The van der Waals surface area contributed by atoms with Crippen LogP contribution in [-0.2, 0) is 6.61 Å². The maximum absolute atomic E-state index is 9.18. The summed E-state index contributed by atoms with van der Waals surface area (Å²) >= 11 is 0. The van der Waals surface area contributed by atoms with Crippen LogP contribution in [0.15, 0.2) is 18.5 Å². The summed E-state index contributed by atoms with van der Waals surface area (Å²) in [4.78, 5) is 3.99. The molecule has 1 heterocycles. The number of aliphatic hydroxyl groups excluding tert-OH is 1. The third-order valence-electron chi connectivity index (χ3n) is 3.13. The molecule has 3 nitrogen and oxygen atoms in total. The molecule has 0 radical (unpaired) electrons. The molecular formula is C13H19NO2. The van der Waals surface area contributed by atoms with Gasteiger partial charge in [0.1, 0.15) is 5.75 Å². The van der Waals surface area contributed by atoms with Gasteiger partial charge in [-0.15, -0.1) is 0 Å². The van der Waals surface area contributed by atoms with Gasteiger partial charge in [-0.3, -0.25) is 4.98 Å². The van der Waals surface area contributed by atoms with Gasteiger partial charge in [-0.25, -0.2) is 0 Å². The van der Waals surface area contributed by atoms with E-state index in [0.29, 0.717) is 6.10 Å². The maximum atomic E-state index is 9.18. The van der Waals surface area contributed by atoms with Crippen molar-refractivity contribution in [3.63, 3.8) is 0 Å². The van der Waals surface area contributed by atoms with Crippen LogP contribution in [0.25, 0.3) is 0 Å². The Morgan fingerprint density at radius 3 is 2.69 bits per heavy atom. The van der Waals surface area contributed by atoms with E-state index in [2.05, 4.69) is 4.98 Å². The first-order valence-electron chi connectivity index (χ1n) is 6.10. The van der Waals surface area contributed by atoms with E-state index >= 15 is 0 Å². The molecule has 3 heteroatoms. The molecule has 16 heavy (non-hydrogen) atoms. The van der Waals surface area contributed by atoms with E-state index in [0.717, 1.165) is 24.2 Å². The first kappa shape index (κ1) is 11.4. The van der Waals surface area contributed by atoms with Gasteiger partial charge in [0, 0.05) is 18.0 Å². The van der Waals surface area contributed by atoms with Crippen molar-refractivity contribution in [2.45, 2.75) is 51.2 Å². The van der Waals surface area contributed by atoms with Crippen molar-refractivity contribution in [1.82, 2.24) is 4.98 Å². The fourth-order valence-electron chi connectivity index (χ4n) is 2.19. The first-order chi connectivity index (χ1) is 7.90. The first-order valence-corrected chi connectivity index (χ1v) is 6.10. The molecule has 0 saturated heterocycles. The minimum absolute atomic E-state index is 0.00407. The van der Waals surface area contributed by atoms with Crippen molar-refractivity contribution in [3.05, 3.63) is 24.0 Å². The van der Waals surface area contributed by atoms with E-state index < -0.39 is 0 Å². The molecule has 1 aliphatic carbocycles. The maximum Gasteiger partial charge on any atom is 0.128 e. The summed E-state index contributed by atoms with van der Waals surface area (Å²) in [7, 11) is 0. The summed E-state index contributed by atoms with van der Waals surface area (Å²) in [5, 5.41) is 9.18. The van der Waals surface area contributed by atoms with Crippen LogP contribution in [0, 0.1) is 0 Å². The fourth-order valence-corrected chi connectivity index (χ4v) is 2.19. The van der Waals surface area contributed by atoms with Crippen LogP contribution in [0.2, 0.25) is 0 Å². The van der Waals surface area contributed by atoms with Crippen LogP contribution in [0.3, 0.4) is 0 Å². The molecule has 88 valence electrons. The smallest absolute Gasteiger partial charge is 0.128 e. The number of rotatable bonds is 3. The van der Waals surface area contributed by atoms with E-state index in [-0.39, 0.29) is 6.61 Å². The van der Waals surface area contributed by atoms with Crippen molar-refractivity contribution in [3.8, 4) is 5.75 Å². The second-order valence-corrected chi connectivity index (χ2v) is 4.37. The van der Waals surface area contributed by atoms with Crippen molar-refractivity contribution in [2.75, 3.05) is 0 Å². The van der Waals surface area contributed by atoms with Gasteiger partial charge in [0.05, 0.1) is 12.7 Å². The lowest BCUT2D eigenvalue weighted by molar-refractivity contribution is 0.176. The molecule has 2 rings (SSSR count). The van der Waals surface area contributed by atoms with Gasteiger partial charge >= 0.3 is 0 Å².